The molecule has 1 atom stereocenters. The van der Waals surface area contributed by atoms with Crippen molar-refractivity contribution < 1.29 is 14.0 Å². The van der Waals surface area contributed by atoms with E-state index >= 15 is 0 Å². The standard InChI is InChI=1S/C12H17N3O3/c1-12(2)11(17)14-10(16)7-15(12)8(6-13)9-4-3-5-18-9/h3-5,8H,6-7,13H2,1-2H3,(H,14,16,17). The van der Waals surface area contributed by atoms with Gasteiger partial charge >= 0.3 is 0 Å². The zero-order valence-electron chi connectivity index (χ0n) is 10.5. The van der Waals surface area contributed by atoms with Gasteiger partial charge in [0.15, 0.2) is 0 Å². The highest BCUT2D eigenvalue weighted by Gasteiger charge is 2.44. The molecule has 1 fully saturated rings. The van der Waals surface area contributed by atoms with Gasteiger partial charge in [-0.2, -0.15) is 0 Å². The number of piperazine rings is 1. The molecular formula is C12H17N3O3. The predicted octanol–water partition coefficient (Wildman–Crippen LogP) is 0.0164. The van der Waals surface area contributed by atoms with Crippen LogP contribution in [0.15, 0.2) is 22.8 Å². The molecule has 0 bridgehead atoms. The van der Waals surface area contributed by atoms with Crippen LogP contribution in [0.3, 0.4) is 0 Å². The number of imide groups is 1. The van der Waals surface area contributed by atoms with E-state index in [1.165, 1.54) is 0 Å². The number of nitrogens with zero attached hydrogens (tertiary/aromatic N) is 1. The first kappa shape index (κ1) is 12.8. The minimum Gasteiger partial charge on any atom is -0.468 e. The highest BCUT2D eigenvalue weighted by molar-refractivity contribution is 6.03. The second-order valence-electron chi connectivity index (χ2n) is 4.83. The third-order valence-electron chi connectivity index (χ3n) is 3.31. The number of rotatable bonds is 3. The topological polar surface area (TPSA) is 88.6 Å². The van der Waals surface area contributed by atoms with Crippen LogP contribution in [-0.4, -0.2) is 35.3 Å². The van der Waals surface area contributed by atoms with Crippen LogP contribution in [0.4, 0.5) is 0 Å². The Balaban J connectivity index is 2.34. The number of carbonyl (C=O) groups excluding carboxylic acids is 2. The fourth-order valence-electron chi connectivity index (χ4n) is 2.18. The fourth-order valence-corrected chi connectivity index (χ4v) is 2.18. The smallest absolute Gasteiger partial charge is 0.246 e. The van der Waals surface area contributed by atoms with Gasteiger partial charge in [0.25, 0.3) is 0 Å². The van der Waals surface area contributed by atoms with Crippen LogP contribution in [0.2, 0.25) is 0 Å². The van der Waals surface area contributed by atoms with Crippen molar-refractivity contribution in [1.29, 1.82) is 0 Å². The second kappa shape index (κ2) is 4.55. The van der Waals surface area contributed by atoms with Gasteiger partial charge in [0.05, 0.1) is 24.4 Å². The Kier molecular flexibility index (Phi) is 3.23. The summed E-state index contributed by atoms with van der Waals surface area (Å²) in [6.45, 7) is 3.93. The summed E-state index contributed by atoms with van der Waals surface area (Å²) in [5.74, 6) is 0.0289. The molecule has 1 aromatic heterocycles. The van der Waals surface area contributed by atoms with Crippen molar-refractivity contribution in [3.05, 3.63) is 24.2 Å². The van der Waals surface area contributed by atoms with Gasteiger partial charge in [-0.3, -0.25) is 19.8 Å². The van der Waals surface area contributed by atoms with Crippen LogP contribution in [-0.2, 0) is 9.59 Å². The molecule has 2 rings (SSSR count). The van der Waals surface area contributed by atoms with E-state index in [0.29, 0.717) is 5.76 Å². The van der Waals surface area contributed by atoms with E-state index in [0.717, 1.165) is 0 Å². The molecule has 1 aliphatic heterocycles. The molecule has 98 valence electrons. The van der Waals surface area contributed by atoms with Gasteiger partial charge in [0.2, 0.25) is 11.8 Å². The number of nitrogens with one attached hydrogen (secondary N) is 1. The average Bonchev–Trinajstić information content (AvgIpc) is 2.80. The third-order valence-corrected chi connectivity index (χ3v) is 3.31. The monoisotopic (exact) mass is 251 g/mol. The summed E-state index contributed by atoms with van der Waals surface area (Å²) >= 11 is 0. The Labute approximate surface area is 105 Å². The van der Waals surface area contributed by atoms with Crippen LogP contribution in [0.1, 0.15) is 25.6 Å². The Bertz CT molecular complexity index is 453. The van der Waals surface area contributed by atoms with Crippen molar-refractivity contribution in [3.63, 3.8) is 0 Å². The van der Waals surface area contributed by atoms with E-state index in [1.807, 2.05) is 0 Å². The van der Waals surface area contributed by atoms with Gasteiger partial charge in [-0.25, -0.2) is 0 Å². The lowest BCUT2D eigenvalue weighted by molar-refractivity contribution is -0.147. The van der Waals surface area contributed by atoms with Crippen LogP contribution < -0.4 is 11.1 Å². The van der Waals surface area contributed by atoms with Gasteiger partial charge in [0.1, 0.15) is 5.76 Å². The zero-order chi connectivity index (χ0) is 13.3. The number of amides is 2. The summed E-state index contributed by atoms with van der Waals surface area (Å²) < 4.78 is 5.34. The maximum atomic E-state index is 11.9. The lowest BCUT2D eigenvalue weighted by Crippen LogP contribution is -2.65. The molecule has 18 heavy (non-hydrogen) atoms. The maximum Gasteiger partial charge on any atom is 0.246 e. The van der Waals surface area contributed by atoms with Gasteiger partial charge in [-0.05, 0) is 26.0 Å². The number of furan rings is 1. The molecule has 2 amide bonds. The first-order valence-corrected chi connectivity index (χ1v) is 5.81. The average molecular weight is 251 g/mol. The van der Waals surface area contributed by atoms with E-state index in [1.54, 1.807) is 37.1 Å². The van der Waals surface area contributed by atoms with E-state index < -0.39 is 5.54 Å². The lowest BCUT2D eigenvalue weighted by Gasteiger charge is -2.43. The van der Waals surface area contributed by atoms with E-state index in [9.17, 15) is 9.59 Å². The zero-order valence-corrected chi connectivity index (χ0v) is 10.5. The van der Waals surface area contributed by atoms with Crippen LogP contribution in [0, 0.1) is 0 Å². The fraction of sp³-hybridized carbons (Fsp3) is 0.500. The first-order valence-electron chi connectivity index (χ1n) is 5.81. The van der Waals surface area contributed by atoms with Crippen molar-refractivity contribution >= 4 is 11.8 Å². The molecule has 1 unspecified atom stereocenters. The van der Waals surface area contributed by atoms with Crippen molar-refractivity contribution in [1.82, 2.24) is 10.2 Å². The summed E-state index contributed by atoms with van der Waals surface area (Å²) in [6, 6.07) is 3.27. The van der Waals surface area contributed by atoms with Gasteiger partial charge in [0, 0.05) is 6.54 Å². The van der Waals surface area contributed by atoms with E-state index in [2.05, 4.69) is 5.32 Å². The summed E-state index contributed by atoms with van der Waals surface area (Å²) in [5, 5.41) is 2.33. The number of hydrogen-bond donors (Lipinski definition) is 2. The molecule has 1 aromatic rings. The summed E-state index contributed by atoms with van der Waals surface area (Å²) in [7, 11) is 0. The minimum atomic E-state index is -0.801. The lowest BCUT2D eigenvalue weighted by atomic mass is 9.95. The summed E-state index contributed by atoms with van der Waals surface area (Å²) in [6.07, 6.45) is 1.55. The van der Waals surface area contributed by atoms with Crippen LogP contribution in [0.5, 0.6) is 0 Å². The molecule has 0 aliphatic carbocycles. The largest absolute Gasteiger partial charge is 0.468 e. The van der Waals surface area contributed by atoms with Gasteiger partial charge in [-0.15, -0.1) is 0 Å². The molecule has 3 N–H and O–H groups in total. The minimum absolute atomic E-state index is 0.126. The molecule has 0 radical (unpaired) electrons. The van der Waals surface area contributed by atoms with Crippen LogP contribution >= 0.6 is 0 Å². The van der Waals surface area contributed by atoms with Crippen molar-refractivity contribution in [2.45, 2.75) is 25.4 Å². The van der Waals surface area contributed by atoms with Gasteiger partial charge in [-0.1, -0.05) is 0 Å². The molecule has 6 heteroatoms. The van der Waals surface area contributed by atoms with Crippen molar-refractivity contribution in [2.24, 2.45) is 5.73 Å². The molecule has 1 saturated heterocycles. The molecule has 0 aromatic carbocycles. The van der Waals surface area contributed by atoms with Crippen LogP contribution in [0.25, 0.3) is 0 Å². The van der Waals surface area contributed by atoms with E-state index in [4.69, 9.17) is 10.2 Å². The quantitative estimate of drug-likeness (QED) is 0.739. The predicted molar refractivity (Wildman–Crippen MR) is 64.4 cm³/mol. The van der Waals surface area contributed by atoms with Crippen molar-refractivity contribution in [2.75, 3.05) is 13.1 Å². The molecule has 2 heterocycles. The Morgan fingerprint density at radius 3 is 2.83 bits per heavy atom. The Hall–Kier alpha value is -1.66. The number of nitrogens with two attached hydrogens (primary N) is 1. The normalized spacial score (nSPS) is 21.7. The van der Waals surface area contributed by atoms with Gasteiger partial charge < -0.3 is 10.2 Å². The van der Waals surface area contributed by atoms with E-state index in [-0.39, 0.29) is 30.9 Å². The molecular weight excluding hydrogens is 234 g/mol. The molecule has 0 saturated carbocycles. The van der Waals surface area contributed by atoms with Crippen molar-refractivity contribution in [3.8, 4) is 0 Å². The first-order chi connectivity index (χ1) is 8.46. The number of carbonyl (C=O) groups is 2. The Morgan fingerprint density at radius 2 is 2.28 bits per heavy atom. The highest BCUT2D eigenvalue weighted by Crippen LogP contribution is 2.29. The highest BCUT2D eigenvalue weighted by atomic mass is 16.3. The molecule has 0 spiro atoms. The maximum absolute atomic E-state index is 11.9. The molecule has 1 aliphatic rings. The molecule has 6 nitrogen and oxygen atoms in total. The summed E-state index contributed by atoms with van der Waals surface area (Å²) in [4.78, 5) is 25.2. The summed E-state index contributed by atoms with van der Waals surface area (Å²) in [5.41, 5.74) is 4.96. The third kappa shape index (κ3) is 2.04. The number of hydrogen-bond acceptors (Lipinski definition) is 5. The second-order valence-corrected chi connectivity index (χ2v) is 4.83. The Morgan fingerprint density at radius 1 is 1.56 bits per heavy atom. The SMILES string of the molecule is CC1(C)C(=O)NC(=O)CN1C(CN)c1ccco1.